The van der Waals surface area contributed by atoms with Gasteiger partial charge in [0, 0.05) is 0 Å². The number of carbonyl (C=O) groups is 3. The van der Waals surface area contributed by atoms with Gasteiger partial charge >= 0.3 is 5.97 Å². The Kier molecular flexibility index (Phi) is 5.00. The van der Waals surface area contributed by atoms with E-state index in [0.29, 0.717) is 4.91 Å². The Bertz CT molecular complexity index is 843. The van der Waals surface area contributed by atoms with Gasteiger partial charge in [0.1, 0.15) is 6.54 Å². The summed E-state index contributed by atoms with van der Waals surface area (Å²) in [5, 5.41) is -0.470. The fourth-order valence-electron chi connectivity index (χ4n) is 2.38. The molecule has 5 nitrogen and oxygen atoms in total. The number of benzene rings is 2. The molecule has 126 valence electrons. The van der Waals surface area contributed by atoms with Crippen LogP contribution in [0.25, 0.3) is 17.2 Å². The highest BCUT2D eigenvalue weighted by molar-refractivity contribution is 8.18. The highest BCUT2D eigenvalue weighted by atomic mass is 32.2. The lowest BCUT2D eigenvalue weighted by Crippen LogP contribution is -2.34. The predicted octanol–water partition coefficient (Wildman–Crippen LogP) is 3.56. The second kappa shape index (κ2) is 7.36. The maximum absolute atomic E-state index is 12.3. The lowest BCUT2D eigenvalue weighted by molar-refractivity contribution is -0.143. The molecule has 1 fully saturated rings. The average Bonchev–Trinajstić information content (AvgIpc) is 2.90. The molecule has 1 heterocycles. The molecular weight excluding hydrogens is 338 g/mol. The SMILES string of the molecule is COC(=O)CN1C(=O)SC(=Cc2ccc(-c3ccccc3)cc2)C1=O. The lowest BCUT2D eigenvalue weighted by Gasteiger charge is -2.09. The third kappa shape index (κ3) is 3.80. The maximum Gasteiger partial charge on any atom is 0.325 e. The van der Waals surface area contributed by atoms with Gasteiger partial charge in [-0.1, -0.05) is 54.6 Å². The first-order valence-corrected chi connectivity index (χ1v) is 8.38. The van der Waals surface area contributed by atoms with E-state index in [0.717, 1.165) is 33.4 Å². The van der Waals surface area contributed by atoms with E-state index in [1.807, 2.05) is 54.6 Å². The summed E-state index contributed by atoms with van der Waals surface area (Å²) < 4.78 is 4.50. The van der Waals surface area contributed by atoms with E-state index >= 15 is 0 Å². The first-order valence-electron chi connectivity index (χ1n) is 7.56. The zero-order valence-electron chi connectivity index (χ0n) is 13.5. The van der Waals surface area contributed by atoms with Gasteiger partial charge in [-0.2, -0.15) is 0 Å². The summed E-state index contributed by atoms with van der Waals surface area (Å²) in [7, 11) is 1.21. The van der Waals surface area contributed by atoms with Crippen LogP contribution in [-0.4, -0.2) is 35.7 Å². The van der Waals surface area contributed by atoms with Crippen LogP contribution in [-0.2, 0) is 14.3 Å². The first kappa shape index (κ1) is 17.0. The van der Waals surface area contributed by atoms with Gasteiger partial charge in [0.2, 0.25) is 0 Å². The summed E-state index contributed by atoms with van der Waals surface area (Å²) >= 11 is 0.820. The van der Waals surface area contributed by atoms with E-state index in [1.54, 1.807) is 6.08 Å². The van der Waals surface area contributed by atoms with Crippen LogP contribution in [0.5, 0.6) is 0 Å². The van der Waals surface area contributed by atoms with E-state index in [1.165, 1.54) is 7.11 Å². The molecule has 0 unspecified atom stereocenters. The van der Waals surface area contributed by atoms with Crippen molar-refractivity contribution in [2.75, 3.05) is 13.7 Å². The molecule has 6 heteroatoms. The molecule has 0 aliphatic carbocycles. The van der Waals surface area contributed by atoms with Crippen LogP contribution < -0.4 is 0 Å². The minimum Gasteiger partial charge on any atom is -0.468 e. The van der Waals surface area contributed by atoms with Gasteiger partial charge < -0.3 is 4.74 Å². The topological polar surface area (TPSA) is 63.7 Å². The Morgan fingerprint density at radius 3 is 2.32 bits per heavy atom. The van der Waals surface area contributed by atoms with Crippen molar-refractivity contribution in [3.05, 3.63) is 65.1 Å². The second-order valence-corrected chi connectivity index (χ2v) is 6.33. The molecule has 3 rings (SSSR count). The van der Waals surface area contributed by atoms with Gasteiger partial charge in [-0.25, -0.2) is 0 Å². The van der Waals surface area contributed by atoms with E-state index in [-0.39, 0.29) is 6.54 Å². The van der Waals surface area contributed by atoms with Gasteiger partial charge in [0.15, 0.2) is 0 Å². The number of methoxy groups -OCH3 is 1. The number of hydrogen-bond donors (Lipinski definition) is 0. The Balaban J connectivity index is 1.78. The molecule has 1 aliphatic rings. The highest BCUT2D eigenvalue weighted by Gasteiger charge is 2.36. The molecule has 0 saturated carbocycles. The van der Waals surface area contributed by atoms with Crippen molar-refractivity contribution in [1.29, 1.82) is 0 Å². The summed E-state index contributed by atoms with van der Waals surface area (Å²) in [4.78, 5) is 36.6. The molecule has 1 saturated heterocycles. The fourth-order valence-corrected chi connectivity index (χ4v) is 3.22. The Hall–Kier alpha value is -2.86. The van der Waals surface area contributed by atoms with Gasteiger partial charge in [0.25, 0.3) is 11.1 Å². The number of hydrogen-bond acceptors (Lipinski definition) is 5. The molecule has 0 aromatic heterocycles. The van der Waals surface area contributed by atoms with Crippen molar-refractivity contribution in [2.45, 2.75) is 0 Å². The van der Waals surface area contributed by atoms with Crippen LogP contribution in [0.15, 0.2) is 59.5 Å². The monoisotopic (exact) mass is 353 g/mol. The highest BCUT2D eigenvalue weighted by Crippen LogP contribution is 2.32. The number of imide groups is 1. The molecule has 0 radical (unpaired) electrons. The van der Waals surface area contributed by atoms with Crippen molar-refractivity contribution >= 4 is 35.0 Å². The van der Waals surface area contributed by atoms with Crippen molar-refractivity contribution in [1.82, 2.24) is 4.90 Å². The summed E-state index contributed by atoms with van der Waals surface area (Å²) in [6, 6.07) is 17.6. The molecule has 25 heavy (non-hydrogen) atoms. The van der Waals surface area contributed by atoms with Crippen LogP contribution in [0.3, 0.4) is 0 Å². The Morgan fingerprint density at radius 1 is 1.04 bits per heavy atom. The van der Waals surface area contributed by atoms with E-state index in [4.69, 9.17) is 0 Å². The van der Waals surface area contributed by atoms with Gasteiger partial charge in [-0.05, 0) is 34.5 Å². The quantitative estimate of drug-likeness (QED) is 0.621. The smallest absolute Gasteiger partial charge is 0.325 e. The lowest BCUT2D eigenvalue weighted by atomic mass is 10.0. The summed E-state index contributed by atoms with van der Waals surface area (Å²) in [6.07, 6.45) is 1.65. The first-order chi connectivity index (χ1) is 12.1. The van der Waals surface area contributed by atoms with Crippen LogP contribution in [0, 0.1) is 0 Å². The molecule has 0 N–H and O–H groups in total. The fraction of sp³-hybridized carbons (Fsp3) is 0.105. The number of amides is 2. The summed E-state index contributed by atoms with van der Waals surface area (Å²) in [5.41, 5.74) is 2.98. The third-order valence-corrected chi connectivity index (χ3v) is 4.61. The molecule has 0 bridgehead atoms. The van der Waals surface area contributed by atoms with Crippen molar-refractivity contribution in [2.24, 2.45) is 0 Å². The Labute approximate surface area is 149 Å². The predicted molar refractivity (Wildman–Crippen MR) is 96.6 cm³/mol. The third-order valence-electron chi connectivity index (χ3n) is 3.70. The molecule has 2 aromatic carbocycles. The molecule has 1 aliphatic heterocycles. The molecule has 0 atom stereocenters. The summed E-state index contributed by atoms with van der Waals surface area (Å²) in [5.74, 6) is -1.11. The zero-order chi connectivity index (χ0) is 17.8. The zero-order valence-corrected chi connectivity index (χ0v) is 14.3. The second-order valence-electron chi connectivity index (χ2n) is 5.33. The van der Waals surface area contributed by atoms with Crippen molar-refractivity contribution in [3.63, 3.8) is 0 Å². The van der Waals surface area contributed by atoms with E-state index < -0.39 is 17.1 Å². The van der Waals surface area contributed by atoms with Crippen molar-refractivity contribution < 1.29 is 19.1 Å². The standard InChI is InChI=1S/C19H15NO4S/c1-24-17(21)12-20-18(22)16(25-19(20)23)11-13-7-9-15(10-8-13)14-5-3-2-4-6-14/h2-11H,12H2,1H3. The molecule has 2 aromatic rings. The number of thioether (sulfide) groups is 1. The normalized spacial score (nSPS) is 15.7. The average molecular weight is 353 g/mol. The van der Waals surface area contributed by atoms with Crippen molar-refractivity contribution in [3.8, 4) is 11.1 Å². The van der Waals surface area contributed by atoms with Crippen LogP contribution in [0.2, 0.25) is 0 Å². The van der Waals surface area contributed by atoms with Crippen LogP contribution >= 0.6 is 11.8 Å². The molecule has 0 spiro atoms. The summed E-state index contributed by atoms with van der Waals surface area (Å²) in [6.45, 7) is -0.370. The number of esters is 1. The molecule has 2 amide bonds. The minimum atomic E-state index is -0.629. The minimum absolute atomic E-state index is 0.293. The van der Waals surface area contributed by atoms with Gasteiger partial charge in [-0.15, -0.1) is 0 Å². The Morgan fingerprint density at radius 2 is 1.68 bits per heavy atom. The number of ether oxygens (including phenoxy) is 1. The maximum atomic E-state index is 12.3. The van der Waals surface area contributed by atoms with Gasteiger partial charge in [0.05, 0.1) is 12.0 Å². The van der Waals surface area contributed by atoms with E-state index in [2.05, 4.69) is 4.74 Å². The van der Waals surface area contributed by atoms with Crippen LogP contribution in [0.1, 0.15) is 5.56 Å². The number of nitrogens with zero attached hydrogens (tertiary/aromatic N) is 1. The largest absolute Gasteiger partial charge is 0.468 e. The number of carbonyl (C=O) groups excluding carboxylic acids is 3. The van der Waals surface area contributed by atoms with E-state index in [9.17, 15) is 14.4 Å². The van der Waals surface area contributed by atoms with Gasteiger partial charge in [-0.3, -0.25) is 19.3 Å². The number of rotatable bonds is 4. The van der Waals surface area contributed by atoms with Crippen LogP contribution in [0.4, 0.5) is 4.79 Å². The molecular formula is C19H15NO4S.